The lowest BCUT2D eigenvalue weighted by atomic mass is 10.1. The van der Waals surface area contributed by atoms with Crippen molar-refractivity contribution in [3.8, 4) is 0 Å². The van der Waals surface area contributed by atoms with E-state index in [2.05, 4.69) is 17.3 Å². The van der Waals surface area contributed by atoms with Crippen molar-refractivity contribution in [3.05, 3.63) is 35.4 Å². The standard InChI is InChI=1S/C13H20N2O/c1-14-8-3-9-15(2)10-12-4-6-13(11-16)7-5-12/h4-7,11,14H,3,8-10H2,1-2H3. The molecule has 0 fully saturated rings. The van der Waals surface area contributed by atoms with Gasteiger partial charge in [-0.15, -0.1) is 0 Å². The molecule has 0 bridgehead atoms. The molecule has 0 aliphatic heterocycles. The molecule has 0 amide bonds. The zero-order valence-electron chi connectivity index (χ0n) is 10.1. The number of nitrogens with one attached hydrogen (secondary N) is 1. The second-order valence-electron chi connectivity index (χ2n) is 4.05. The molecule has 16 heavy (non-hydrogen) atoms. The number of hydrogen-bond donors (Lipinski definition) is 1. The van der Waals surface area contributed by atoms with Gasteiger partial charge in [-0.3, -0.25) is 4.79 Å². The van der Waals surface area contributed by atoms with Crippen molar-refractivity contribution in [3.63, 3.8) is 0 Å². The Morgan fingerprint density at radius 3 is 2.56 bits per heavy atom. The first-order valence-electron chi connectivity index (χ1n) is 5.63. The summed E-state index contributed by atoms with van der Waals surface area (Å²) in [5.74, 6) is 0. The number of rotatable bonds is 7. The van der Waals surface area contributed by atoms with Crippen LogP contribution in [0.4, 0.5) is 0 Å². The zero-order valence-corrected chi connectivity index (χ0v) is 10.1. The topological polar surface area (TPSA) is 32.3 Å². The predicted molar refractivity (Wildman–Crippen MR) is 66.7 cm³/mol. The SMILES string of the molecule is CNCCCN(C)Cc1ccc(C=O)cc1. The third kappa shape index (κ3) is 4.55. The highest BCUT2D eigenvalue weighted by Crippen LogP contribution is 2.05. The molecule has 3 heteroatoms. The maximum absolute atomic E-state index is 10.5. The number of nitrogens with zero attached hydrogens (tertiary/aromatic N) is 1. The van der Waals surface area contributed by atoms with Crippen molar-refractivity contribution in [2.24, 2.45) is 0 Å². The number of hydrogen-bond acceptors (Lipinski definition) is 3. The molecule has 0 saturated carbocycles. The summed E-state index contributed by atoms with van der Waals surface area (Å²) in [6.07, 6.45) is 2.03. The Kier molecular flexibility index (Phi) is 5.75. The van der Waals surface area contributed by atoms with Crippen LogP contribution in [0.1, 0.15) is 22.3 Å². The van der Waals surface area contributed by atoms with Crippen LogP contribution in [0, 0.1) is 0 Å². The Labute approximate surface area is 97.5 Å². The van der Waals surface area contributed by atoms with E-state index in [1.54, 1.807) is 0 Å². The summed E-state index contributed by atoms with van der Waals surface area (Å²) in [5, 5.41) is 3.14. The first-order chi connectivity index (χ1) is 7.76. The van der Waals surface area contributed by atoms with E-state index in [4.69, 9.17) is 0 Å². The summed E-state index contributed by atoms with van der Waals surface area (Å²) >= 11 is 0. The number of aldehydes is 1. The second-order valence-corrected chi connectivity index (χ2v) is 4.05. The van der Waals surface area contributed by atoms with Gasteiger partial charge in [0.05, 0.1) is 0 Å². The molecule has 3 nitrogen and oxygen atoms in total. The van der Waals surface area contributed by atoms with Crippen LogP contribution < -0.4 is 5.32 Å². The first kappa shape index (κ1) is 12.9. The van der Waals surface area contributed by atoms with E-state index in [-0.39, 0.29) is 0 Å². The predicted octanol–water partition coefficient (Wildman–Crippen LogP) is 1.54. The molecule has 0 saturated heterocycles. The Hall–Kier alpha value is -1.19. The molecule has 0 unspecified atom stereocenters. The highest BCUT2D eigenvalue weighted by Gasteiger charge is 1.99. The number of carbonyl (C=O) groups is 1. The van der Waals surface area contributed by atoms with Crippen LogP contribution in [-0.2, 0) is 6.54 Å². The number of benzene rings is 1. The molecule has 0 aromatic heterocycles. The fraction of sp³-hybridized carbons (Fsp3) is 0.462. The van der Waals surface area contributed by atoms with Crippen LogP contribution in [-0.4, -0.2) is 38.4 Å². The minimum absolute atomic E-state index is 0.738. The third-order valence-electron chi connectivity index (χ3n) is 2.53. The quantitative estimate of drug-likeness (QED) is 0.559. The fourth-order valence-corrected chi connectivity index (χ4v) is 1.62. The lowest BCUT2D eigenvalue weighted by Gasteiger charge is -2.16. The van der Waals surface area contributed by atoms with E-state index >= 15 is 0 Å². The Morgan fingerprint density at radius 2 is 2.00 bits per heavy atom. The van der Waals surface area contributed by atoms with E-state index < -0.39 is 0 Å². The first-order valence-corrected chi connectivity index (χ1v) is 5.63. The Morgan fingerprint density at radius 1 is 1.31 bits per heavy atom. The molecule has 0 atom stereocenters. The van der Waals surface area contributed by atoms with Crippen LogP contribution in [0.5, 0.6) is 0 Å². The molecule has 0 aliphatic rings. The molecule has 0 radical (unpaired) electrons. The third-order valence-corrected chi connectivity index (χ3v) is 2.53. The van der Waals surface area contributed by atoms with Gasteiger partial charge in [0, 0.05) is 12.1 Å². The molecular formula is C13H20N2O. The molecule has 1 aromatic carbocycles. The van der Waals surface area contributed by atoms with Crippen molar-refractivity contribution in [1.82, 2.24) is 10.2 Å². The largest absolute Gasteiger partial charge is 0.320 e. The van der Waals surface area contributed by atoms with Crippen molar-refractivity contribution in [1.29, 1.82) is 0 Å². The van der Waals surface area contributed by atoms with Gasteiger partial charge in [-0.1, -0.05) is 24.3 Å². The van der Waals surface area contributed by atoms with Gasteiger partial charge in [0.25, 0.3) is 0 Å². The van der Waals surface area contributed by atoms with Gasteiger partial charge in [0.15, 0.2) is 0 Å². The van der Waals surface area contributed by atoms with Crippen LogP contribution in [0.3, 0.4) is 0 Å². The monoisotopic (exact) mass is 220 g/mol. The van der Waals surface area contributed by atoms with E-state index in [1.165, 1.54) is 5.56 Å². The van der Waals surface area contributed by atoms with Crippen LogP contribution in [0.15, 0.2) is 24.3 Å². The molecule has 1 rings (SSSR count). The highest BCUT2D eigenvalue weighted by molar-refractivity contribution is 5.74. The van der Waals surface area contributed by atoms with Gasteiger partial charge >= 0.3 is 0 Å². The van der Waals surface area contributed by atoms with Crippen molar-refractivity contribution in [2.45, 2.75) is 13.0 Å². The summed E-state index contributed by atoms with van der Waals surface area (Å²) in [6.45, 7) is 3.06. The minimum atomic E-state index is 0.738. The zero-order chi connectivity index (χ0) is 11.8. The van der Waals surface area contributed by atoms with Gasteiger partial charge in [0.2, 0.25) is 0 Å². The van der Waals surface area contributed by atoms with Crippen LogP contribution in [0.25, 0.3) is 0 Å². The van der Waals surface area contributed by atoms with Crippen molar-refractivity contribution in [2.75, 3.05) is 27.2 Å². The average Bonchev–Trinajstić information content (AvgIpc) is 2.30. The highest BCUT2D eigenvalue weighted by atomic mass is 16.1. The van der Waals surface area contributed by atoms with E-state index in [0.717, 1.165) is 37.9 Å². The minimum Gasteiger partial charge on any atom is -0.320 e. The van der Waals surface area contributed by atoms with Gasteiger partial charge < -0.3 is 10.2 Å². The van der Waals surface area contributed by atoms with Crippen molar-refractivity contribution >= 4 is 6.29 Å². The van der Waals surface area contributed by atoms with Gasteiger partial charge in [0.1, 0.15) is 6.29 Å². The molecule has 88 valence electrons. The van der Waals surface area contributed by atoms with Gasteiger partial charge in [-0.2, -0.15) is 0 Å². The van der Waals surface area contributed by atoms with Gasteiger partial charge in [-0.25, -0.2) is 0 Å². The van der Waals surface area contributed by atoms with Crippen LogP contribution >= 0.6 is 0 Å². The molecule has 0 heterocycles. The van der Waals surface area contributed by atoms with E-state index in [1.807, 2.05) is 31.3 Å². The molecular weight excluding hydrogens is 200 g/mol. The number of carbonyl (C=O) groups excluding carboxylic acids is 1. The Balaban J connectivity index is 2.37. The summed E-state index contributed by atoms with van der Waals surface area (Å²) in [7, 11) is 4.08. The lowest BCUT2D eigenvalue weighted by Crippen LogP contribution is -2.22. The molecule has 0 aliphatic carbocycles. The second kappa shape index (κ2) is 7.14. The summed E-state index contributed by atoms with van der Waals surface area (Å²) in [4.78, 5) is 12.8. The van der Waals surface area contributed by atoms with Gasteiger partial charge in [-0.05, 0) is 39.2 Å². The fourth-order valence-electron chi connectivity index (χ4n) is 1.62. The Bertz CT molecular complexity index is 308. The van der Waals surface area contributed by atoms with E-state index in [0.29, 0.717) is 0 Å². The summed E-state index contributed by atoms with van der Waals surface area (Å²) < 4.78 is 0. The lowest BCUT2D eigenvalue weighted by molar-refractivity contribution is 0.112. The summed E-state index contributed by atoms with van der Waals surface area (Å²) in [6, 6.07) is 7.75. The molecule has 1 aromatic rings. The molecule has 0 spiro atoms. The van der Waals surface area contributed by atoms with Crippen molar-refractivity contribution < 1.29 is 4.79 Å². The maximum Gasteiger partial charge on any atom is 0.150 e. The van der Waals surface area contributed by atoms with E-state index in [9.17, 15) is 4.79 Å². The maximum atomic E-state index is 10.5. The normalized spacial score (nSPS) is 10.7. The average molecular weight is 220 g/mol. The summed E-state index contributed by atoms with van der Waals surface area (Å²) in [5.41, 5.74) is 1.99. The van der Waals surface area contributed by atoms with Crippen LogP contribution in [0.2, 0.25) is 0 Å². The molecule has 1 N–H and O–H groups in total. The smallest absolute Gasteiger partial charge is 0.150 e.